The number of nitrogens with two attached hydrogens (primary N) is 1. The van der Waals surface area contributed by atoms with Crippen molar-refractivity contribution < 1.29 is 0 Å². The molecule has 2 atom stereocenters. The van der Waals surface area contributed by atoms with E-state index in [0.717, 1.165) is 26.1 Å². The fourth-order valence-electron chi connectivity index (χ4n) is 2.28. The molecule has 0 bridgehead atoms. The van der Waals surface area contributed by atoms with E-state index in [2.05, 4.69) is 16.8 Å². The molecule has 2 heterocycles. The van der Waals surface area contributed by atoms with Gasteiger partial charge in [0.25, 0.3) is 0 Å². The minimum absolute atomic E-state index is 0.381. The van der Waals surface area contributed by atoms with Gasteiger partial charge >= 0.3 is 0 Å². The highest BCUT2D eigenvalue weighted by molar-refractivity contribution is 7.15. The minimum Gasteiger partial charge on any atom is -0.327 e. The lowest BCUT2D eigenvalue weighted by Gasteiger charge is -2.36. The lowest BCUT2D eigenvalue weighted by Crippen LogP contribution is -2.46. The van der Waals surface area contributed by atoms with Crippen molar-refractivity contribution in [1.82, 2.24) is 9.88 Å². The summed E-state index contributed by atoms with van der Waals surface area (Å²) < 4.78 is 0.635. The summed E-state index contributed by atoms with van der Waals surface area (Å²) >= 11 is 7.40. The molecule has 0 aromatic carbocycles. The van der Waals surface area contributed by atoms with E-state index in [0.29, 0.717) is 16.4 Å². The maximum absolute atomic E-state index is 6.09. The summed E-state index contributed by atoms with van der Waals surface area (Å²) in [5.74, 6) is 0.636. The first-order valence-corrected chi connectivity index (χ1v) is 6.96. The van der Waals surface area contributed by atoms with E-state index in [9.17, 15) is 0 Å². The number of halogens is 1. The lowest BCUT2D eigenvalue weighted by molar-refractivity contribution is 0.146. The van der Waals surface area contributed by atoms with Crippen molar-refractivity contribution in [1.29, 1.82) is 0 Å². The van der Waals surface area contributed by atoms with Crippen LogP contribution in [0.4, 0.5) is 0 Å². The molecular weight excluding hydrogens is 242 g/mol. The van der Waals surface area contributed by atoms with Crippen LogP contribution in [0.15, 0.2) is 6.20 Å². The van der Waals surface area contributed by atoms with E-state index in [1.54, 1.807) is 11.3 Å². The SMILES string of the molecule is CCC1CN(Cc2cnc(Cl)s2)CCC1N. The fourth-order valence-corrected chi connectivity index (χ4v) is 3.30. The van der Waals surface area contributed by atoms with Crippen LogP contribution in [0.2, 0.25) is 4.47 Å². The molecule has 90 valence electrons. The first kappa shape index (κ1) is 12.3. The average molecular weight is 260 g/mol. The Balaban J connectivity index is 1.91. The molecule has 1 aromatic rings. The molecule has 3 nitrogen and oxygen atoms in total. The Morgan fingerprint density at radius 1 is 1.69 bits per heavy atom. The van der Waals surface area contributed by atoms with Gasteiger partial charge in [-0.1, -0.05) is 24.9 Å². The first-order valence-electron chi connectivity index (χ1n) is 5.77. The summed E-state index contributed by atoms with van der Waals surface area (Å²) in [7, 11) is 0. The van der Waals surface area contributed by atoms with Crippen LogP contribution in [0.5, 0.6) is 0 Å². The van der Waals surface area contributed by atoms with Gasteiger partial charge in [0.1, 0.15) is 0 Å². The number of piperidine rings is 1. The third kappa shape index (κ3) is 2.94. The van der Waals surface area contributed by atoms with Gasteiger partial charge < -0.3 is 5.73 Å². The van der Waals surface area contributed by atoms with Gasteiger partial charge in [0.15, 0.2) is 4.47 Å². The van der Waals surface area contributed by atoms with Gasteiger partial charge in [0.05, 0.1) is 0 Å². The van der Waals surface area contributed by atoms with E-state index >= 15 is 0 Å². The average Bonchev–Trinajstić information content (AvgIpc) is 2.67. The lowest BCUT2D eigenvalue weighted by atomic mass is 9.91. The molecule has 16 heavy (non-hydrogen) atoms. The summed E-state index contributed by atoms with van der Waals surface area (Å²) in [5.41, 5.74) is 6.09. The van der Waals surface area contributed by atoms with Gasteiger partial charge in [-0.3, -0.25) is 4.90 Å². The van der Waals surface area contributed by atoms with Crippen LogP contribution in [-0.2, 0) is 6.54 Å². The number of nitrogens with zero attached hydrogens (tertiary/aromatic N) is 2. The highest BCUT2D eigenvalue weighted by Gasteiger charge is 2.25. The molecule has 1 saturated heterocycles. The highest BCUT2D eigenvalue weighted by Crippen LogP contribution is 2.23. The van der Waals surface area contributed by atoms with Crippen molar-refractivity contribution in [3.8, 4) is 0 Å². The predicted molar refractivity (Wildman–Crippen MR) is 68.8 cm³/mol. The Bertz CT molecular complexity index is 342. The number of thiazole rings is 1. The van der Waals surface area contributed by atoms with Crippen LogP contribution in [0.3, 0.4) is 0 Å². The monoisotopic (exact) mass is 259 g/mol. The van der Waals surface area contributed by atoms with Gasteiger partial charge in [-0.25, -0.2) is 4.98 Å². The summed E-state index contributed by atoms with van der Waals surface area (Å²) in [6.07, 6.45) is 4.15. The van der Waals surface area contributed by atoms with Crippen molar-refractivity contribution in [2.24, 2.45) is 11.7 Å². The smallest absolute Gasteiger partial charge is 0.183 e. The van der Waals surface area contributed by atoms with Crippen molar-refractivity contribution in [2.75, 3.05) is 13.1 Å². The van der Waals surface area contributed by atoms with Crippen LogP contribution < -0.4 is 5.73 Å². The highest BCUT2D eigenvalue weighted by atomic mass is 35.5. The molecule has 0 spiro atoms. The van der Waals surface area contributed by atoms with Gasteiger partial charge in [0.2, 0.25) is 0 Å². The number of hydrogen-bond donors (Lipinski definition) is 1. The van der Waals surface area contributed by atoms with Crippen molar-refractivity contribution in [2.45, 2.75) is 32.4 Å². The largest absolute Gasteiger partial charge is 0.327 e. The molecular formula is C11H18ClN3S. The van der Waals surface area contributed by atoms with E-state index in [4.69, 9.17) is 17.3 Å². The molecule has 0 aliphatic carbocycles. The molecule has 0 radical (unpaired) electrons. The Morgan fingerprint density at radius 2 is 2.50 bits per heavy atom. The number of hydrogen-bond acceptors (Lipinski definition) is 4. The molecule has 1 fully saturated rings. The number of rotatable bonds is 3. The van der Waals surface area contributed by atoms with Gasteiger partial charge in [-0.2, -0.15) is 0 Å². The third-order valence-electron chi connectivity index (χ3n) is 3.31. The van der Waals surface area contributed by atoms with E-state index < -0.39 is 0 Å². The summed E-state index contributed by atoms with van der Waals surface area (Å²) in [4.78, 5) is 7.77. The van der Waals surface area contributed by atoms with Crippen LogP contribution in [0.1, 0.15) is 24.6 Å². The Kier molecular flexibility index (Phi) is 4.19. The molecule has 5 heteroatoms. The van der Waals surface area contributed by atoms with E-state index in [-0.39, 0.29) is 0 Å². The molecule has 0 saturated carbocycles. The van der Waals surface area contributed by atoms with Crippen LogP contribution in [0, 0.1) is 5.92 Å². The number of likely N-dealkylation sites (tertiary alicyclic amines) is 1. The molecule has 2 N–H and O–H groups in total. The molecule has 0 amide bonds. The molecule has 1 aromatic heterocycles. The summed E-state index contributed by atoms with van der Waals surface area (Å²) in [6.45, 7) is 5.38. The quantitative estimate of drug-likeness (QED) is 0.906. The van der Waals surface area contributed by atoms with Gasteiger partial charge in [-0.15, -0.1) is 11.3 Å². The Labute approximate surface area is 106 Å². The number of aromatic nitrogens is 1. The maximum atomic E-state index is 6.09. The zero-order chi connectivity index (χ0) is 11.5. The van der Waals surface area contributed by atoms with Crippen LogP contribution in [0.25, 0.3) is 0 Å². The van der Waals surface area contributed by atoms with E-state index in [1.807, 2.05) is 6.20 Å². The maximum Gasteiger partial charge on any atom is 0.183 e. The zero-order valence-electron chi connectivity index (χ0n) is 9.53. The van der Waals surface area contributed by atoms with Crippen molar-refractivity contribution in [3.63, 3.8) is 0 Å². The summed E-state index contributed by atoms with van der Waals surface area (Å²) in [6, 6.07) is 0.381. The van der Waals surface area contributed by atoms with Crippen molar-refractivity contribution >= 4 is 22.9 Å². The summed E-state index contributed by atoms with van der Waals surface area (Å²) in [5, 5.41) is 0. The van der Waals surface area contributed by atoms with Gasteiger partial charge in [0, 0.05) is 36.8 Å². The molecule has 1 aliphatic heterocycles. The minimum atomic E-state index is 0.381. The molecule has 1 aliphatic rings. The normalized spacial score (nSPS) is 27.2. The second kappa shape index (κ2) is 5.45. The third-order valence-corrected chi connectivity index (χ3v) is 4.41. The van der Waals surface area contributed by atoms with Crippen molar-refractivity contribution in [3.05, 3.63) is 15.5 Å². The first-order chi connectivity index (χ1) is 7.69. The van der Waals surface area contributed by atoms with E-state index in [1.165, 1.54) is 11.3 Å². The zero-order valence-corrected chi connectivity index (χ0v) is 11.1. The molecule has 2 rings (SSSR count). The Hall–Kier alpha value is -0.160. The van der Waals surface area contributed by atoms with Crippen LogP contribution >= 0.6 is 22.9 Å². The van der Waals surface area contributed by atoms with Gasteiger partial charge in [-0.05, 0) is 12.3 Å². The fraction of sp³-hybridized carbons (Fsp3) is 0.727. The second-order valence-electron chi connectivity index (χ2n) is 4.44. The predicted octanol–water partition coefficient (Wildman–Crippen LogP) is 2.36. The Morgan fingerprint density at radius 3 is 3.12 bits per heavy atom. The van der Waals surface area contributed by atoms with Crippen LogP contribution in [-0.4, -0.2) is 29.0 Å². The second-order valence-corrected chi connectivity index (χ2v) is 6.13. The molecule has 2 unspecified atom stereocenters. The standard InChI is InChI=1S/C11H18ClN3S/c1-2-8-6-15(4-3-10(8)13)7-9-5-14-11(12)16-9/h5,8,10H,2-4,6-7,13H2,1H3. The topological polar surface area (TPSA) is 42.2 Å².